The van der Waals surface area contributed by atoms with Gasteiger partial charge in [0.1, 0.15) is 5.60 Å². The Hall–Kier alpha value is -0.380. The third kappa shape index (κ3) is 3.08. The summed E-state index contributed by atoms with van der Waals surface area (Å²) >= 11 is 1.72. The fourth-order valence-electron chi connectivity index (χ4n) is 1.51. The normalized spacial score (nSPS) is 22.6. The monoisotopic (exact) mass is 217 g/mol. The first kappa shape index (κ1) is 11.7. The van der Waals surface area contributed by atoms with Crippen molar-refractivity contribution in [3.05, 3.63) is 0 Å². The zero-order valence-electron chi connectivity index (χ0n) is 9.37. The highest BCUT2D eigenvalue weighted by molar-refractivity contribution is 7.99. The maximum Gasteiger partial charge on any atom is 0.411 e. The summed E-state index contributed by atoms with van der Waals surface area (Å²) in [6.07, 6.45) is 4.03. The molecular weight excluding hydrogens is 198 g/mol. The number of nitrogens with zero attached hydrogens (tertiary/aromatic N) is 1. The zero-order chi connectivity index (χ0) is 10.8. The molecule has 0 aromatic carbocycles. The molecule has 4 heteroatoms. The van der Waals surface area contributed by atoms with Crippen molar-refractivity contribution >= 4 is 17.9 Å². The van der Waals surface area contributed by atoms with Gasteiger partial charge in [0.15, 0.2) is 0 Å². The molecule has 0 bridgehead atoms. The average molecular weight is 217 g/mol. The minimum absolute atomic E-state index is 0.172. The van der Waals surface area contributed by atoms with Gasteiger partial charge in [0, 0.05) is 6.54 Å². The van der Waals surface area contributed by atoms with E-state index in [-0.39, 0.29) is 11.7 Å². The summed E-state index contributed by atoms with van der Waals surface area (Å²) in [4.78, 5) is 13.5. The lowest BCUT2D eigenvalue weighted by atomic mass is 10.2. The van der Waals surface area contributed by atoms with Crippen LogP contribution in [0, 0.1) is 0 Å². The molecule has 1 unspecified atom stereocenters. The number of thioether (sulfide) groups is 1. The molecule has 1 saturated heterocycles. The van der Waals surface area contributed by atoms with Crippen LogP contribution in [0.2, 0.25) is 0 Å². The second-order valence-corrected chi connectivity index (χ2v) is 5.52. The molecule has 1 aliphatic rings. The van der Waals surface area contributed by atoms with E-state index in [1.807, 2.05) is 31.9 Å². The number of carbonyl (C=O) groups is 1. The second kappa shape index (κ2) is 4.43. The van der Waals surface area contributed by atoms with Crippen molar-refractivity contribution < 1.29 is 9.53 Å². The highest BCUT2D eigenvalue weighted by atomic mass is 32.2. The number of ether oxygens (including phenoxy) is 1. The van der Waals surface area contributed by atoms with Crippen molar-refractivity contribution in [2.75, 3.05) is 12.8 Å². The van der Waals surface area contributed by atoms with E-state index in [4.69, 9.17) is 4.74 Å². The van der Waals surface area contributed by atoms with Gasteiger partial charge >= 0.3 is 6.09 Å². The molecule has 3 nitrogen and oxygen atoms in total. The van der Waals surface area contributed by atoms with Gasteiger partial charge in [-0.15, -0.1) is 11.8 Å². The Morgan fingerprint density at radius 1 is 1.50 bits per heavy atom. The van der Waals surface area contributed by atoms with Crippen LogP contribution in [0.1, 0.15) is 33.6 Å². The van der Waals surface area contributed by atoms with Gasteiger partial charge < -0.3 is 4.74 Å². The number of carbonyl (C=O) groups excluding carboxylic acids is 1. The van der Waals surface area contributed by atoms with Gasteiger partial charge in [-0.05, 0) is 39.9 Å². The summed E-state index contributed by atoms with van der Waals surface area (Å²) in [5.74, 6) is 0. The molecule has 14 heavy (non-hydrogen) atoms. The quantitative estimate of drug-likeness (QED) is 0.676. The Morgan fingerprint density at radius 3 is 2.64 bits per heavy atom. The van der Waals surface area contributed by atoms with Crippen LogP contribution in [-0.4, -0.2) is 34.8 Å². The fraction of sp³-hybridized carbons (Fsp3) is 0.900. The van der Waals surface area contributed by atoms with Crippen LogP contribution in [0.4, 0.5) is 4.79 Å². The van der Waals surface area contributed by atoms with E-state index in [2.05, 4.69) is 0 Å². The van der Waals surface area contributed by atoms with E-state index < -0.39 is 0 Å². The lowest BCUT2D eigenvalue weighted by molar-refractivity contribution is 0.0277. The van der Waals surface area contributed by atoms with Crippen molar-refractivity contribution in [2.24, 2.45) is 0 Å². The first-order valence-electron chi connectivity index (χ1n) is 4.96. The van der Waals surface area contributed by atoms with Gasteiger partial charge in [0.25, 0.3) is 0 Å². The van der Waals surface area contributed by atoms with Crippen LogP contribution in [0.5, 0.6) is 0 Å². The molecule has 0 saturated carbocycles. The van der Waals surface area contributed by atoms with E-state index in [9.17, 15) is 4.79 Å². The largest absolute Gasteiger partial charge is 0.444 e. The Bertz CT molecular complexity index is 213. The first-order valence-corrected chi connectivity index (χ1v) is 6.25. The average Bonchev–Trinajstić information content (AvgIpc) is 2.47. The predicted molar refractivity (Wildman–Crippen MR) is 59.5 cm³/mol. The van der Waals surface area contributed by atoms with Crippen molar-refractivity contribution in [1.82, 2.24) is 4.90 Å². The highest BCUT2D eigenvalue weighted by Gasteiger charge is 2.31. The molecule has 0 aromatic rings. The lowest BCUT2D eigenvalue weighted by Gasteiger charge is -2.27. The third-order valence-electron chi connectivity index (χ3n) is 2.10. The summed E-state index contributed by atoms with van der Waals surface area (Å²) in [5.41, 5.74) is -0.386. The summed E-state index contributed by atoms with van der Waals surface area (Å²) in [6, 6.07) is 0. The number of rotatable bonds is 1. The molecule has 1 amide bonds. The van der Waals surface area contributed by atoms with E-state index >= 15 is 0 Å². The zero-order valence-corrected chi connectivity index (χ0v) is 10.2. The van der Waals surface area contributed by atoms with Gasteiger partial charge in [-0.2, -0.15) is 0 Å². The maximum atomic E-state index is 11.7. The van der Waals surface area contributed by atoms with Crippen molar-refractivity contribution in [2.45, 2.75) is 44.6 Å². The highest BCUT2D eigenvalue weighted by Crippen LogP contribution is 2.26. The molecule has 1 rings (SSSR count). The van der Waals surface area contributed by atoms with Crippen LogP contribution < -0.4 is 0 Å². The Balaban J connectivity index is 2.52. The van der Waals surface area contributed by atoms with Crippen molar-refractivity contribution in [3.63, 3.8) is 0 Å². The number of hydrogen-bond donors (Lipinski definition) is 0. The smallest absolute Gasteiger partial charge is 0.411 e. The van der Waals surface area contributed by atoms with Crippen LogP contribution >= 0.6 is 11.8 Å². The molecule has 1 fully saturated rings. The molecule has 1 aliphatic heterocycles. The molecule has 1 atom stereocenters. The number of hydrogen-bond acceptors (Lipinski definition) is 3. The topological polar surface area (TPSA) is 29.5 Å². The van der Waals surface area contributed by atoms with E-state index in [0.717, 1.165) is 19.4 Å². The number of amides is 1. The van der Waals surface area contributed by atoms with Gasteiger partial charge in [-0.25, -0.2) is 4.79 Å². The van der Waals surface area contributed by atoms with E-state index in [1.54, 1.807) is 11.8 Å². The Morgan fingerprint density at radius 2 is 2.14 bits per heavy atom. The summed E-state index contributed by atoms with van der Waals surface area (Å²) in [7, 11) is 0. The van der Waals surface area contributed by atoms with Gasteiger partial charge in [0.05, 0.1) is 5.37 Å². The molecule has 0 radical (unpaired) electrons. The Kier molecular flexibility index (Phi) is 3.70. The molecule has 0 spiro atoms. The van der Waals surface area contributed by atoms with Gasteiger partial charge in [-0.1, -0.05) is 0 Å². The van der Waals surface area contributed by atoms with Crippen molar-refractivity contribution in [3.8, 4) is 0 Å². The van der Waals surface area contributed by atoms with Crippen LogP contribution in [0.3, 0.4) is 0 Å². The van der Waals surface area contributed by atoms with Gasteiger partial charge in [-0.3, -0.25) is 4.90 Å². The molecule has 0 aliphatic carbocycles. The summed E-state index contributed by atoms with van der Waals surface area (Å²) in [5, 5.41) is 0.310. The van der Waals surface area contributed by atoms with E-state index in [1.165, 1.54) is 0 Å². The molecule has 1 heterocycles. The molecule has 0 aromatic heterocycles. The first-order chi connectivity index (χ1) is 6.44. The minimum atomic E-state index is -0.386. The fourth-order valence-corrected chi connectivity index (χ4v) is 2.36. The maximum absolute atomic E-state index is 11.7. The summed E-state index contributed by atoms with van der Waals surface area (Å²) in [6.45, 7) is 6.53. The third-order valence-corrected chi connectivity index (χ3v) is 3.13. The Labute approximate surface area is 90.2 Å². The van der Waals surface area contributed by atoms with E-state index in [0.29, 0.717) is 5.37 Å². The molecule has 0 N–H and O–H groups in total. The van der Waals surface area contributed by atoms with Crippen LogP contribution in [0.25, 0.3) is 0 Å². The molecule has 82 valence electrons. The van der Waals surface area contributed by atoms with Crippen LogP contribution in [0.15, 0.2) is 0 Å². The van der Waals surface area contributed by atoms with Crippen LogP contribution in [-0.2, 0) is 4.74 Å². The summed E-state index contributed by atoms with van der Waals surface area (Å²) < 4.78 is 5.33. The predicted octanol–water partition coefficient (Wildman–Crippen LogP) is 2.71. The minimum Gasteiger partial charge on any atom is -0.444 e. The SMILES string of the molecule is CSC1CCCN1C(=O)OC(C)(C)C. The molecular formula is C10H19NO2S. The second-order valence-electron chi connectivity index (χ2n) is 4.51. The number of likely N-dealkylation sites (tertiary alicyclic amines) is 1. The standard InChI is InChI=1S/C10H19NO2S/c1-10(2,3)13-9(12)11-7-5-6-8(11)14-4/h8H,5-7H2,1-4H3. The lowest BCUT2D eigenvalue weighted by Crippen LogP contribution is -2.38. The van der Waals surface area contributed by atoms with Crippen molar-refractivity contribution in [1.29, 1.82) is 0 Å². The van der Waals surface area contributed by atoms with Gasteiger partial charge in [0.2, 0.25) is 0 Å².